The monoisotopic (exact) mass is 414 g/mol. The summed E-state index contributed by atoms with van der Waals surface area (Å²) >= 11 is 9.42. The lowest BCUT2D eigenvalue weighted by atomic mass is 9.87. The fraction of sp³-hybridized carbons (Fsp3) is 0.538. The second kappa shape index (κ2) is 6.34. The second-order valence-corrected chi connectivity index (χ2v) is 8.71. The lowest BCUT2D eigenvalue weighted by molar-refractivity contribution is 0.338. The number of hydrogen-bond acceptors (Lipinski definition) is 3. The Morgan fingerprint density at radius 2 is 2.10 bits per heavy atom. The van der Waals surface area contributed by atoms with Crippen LogP contribution < -0.4 is 5.32 Å². The van der Waals surface area contributed by atoms with E-state index in [2.05, 4.69) is 21.2 Å². The molecule has 0 aliphatic carbocycles. The highest BCUT2D eigenvalue weighted by molar-refractivity contribution is 9.10. The van der Waals surface area contributed by atoms with Crippen molar-refractivity contribution in [1.29, 1.82) is 0 Å². The molecule has 8 heteroatoms. The third-order valence-corrected chi connectivity index (χ3v) is 7.57. The molecule has 0 radical (unpaired) electrons. The fourth-order valence-electron chi connectivity index (χ4n) is 3.07. The molecule has 4 nitrogen and oxygen atoms in total. The van der Waals surface area contributed by atoms with Crippen molar-refractivity contribution in [3.05, 3.63) is 27.7 Å². The number of rotatable bonds is 2. The minimum Gasteiger partial charge on any atom is -0.316 e. The Kier molecular flexibility index (Phi) is 5.28. The van der Waals surface area contributed by atoms with Crippen LogP contribution in [0.2, 0.25) is 5.02 Å². The van der Waals surface area contributed by atoms with E-state index in [0.29, 0.717) is 17.6 Å². The van der Waals surface area contributed by atoms with Crippen LogP contribution in [0.25, 0.3) is 0 Å². The van der Waals surface area contributed by atoms with Crippen LogP contribution in [-0.4, -0.2) is 38.9 Å². The number of benzene rings is 1. The van der Waals surface area contributed by atoms with Gasteiger partial charge in [-0.3, -0.25) is 0 Å². The van der Waals surface area contributed by atoms with Crippen molar-refractivity contribution in [3.63, 3.8) is 0 Å². The molecule has 1 aromatic carbocycles. The van der Waals surface area contributed by atoms with Gasteiger partial charge in [0.25, 0.3) is 0 Å². The van der Waals surface area contributed by atoms with E-state index in [1.165, 1.54) is 0 Å². The Hall–Kier alpha value is 0.150. The average molecular weight is 416 g/mol. The zero-order valence-corrected chi connectivity index (χ0v) is 15.3. The molecule has 2 fully saturated rings. The molecule has 1 unspecified atom stereocenters. The SMILES string of the molecule is Cl.O=S(=O)(c1cccc(Br)c1Cl)N1CCC2(CCNC2)C1. The van der Waals surface area contributed by atoms with Crippen molar-refractivity contribution in [3.8, 4) is 0 Å². The van der Waals surface area contributed by atoms with Gasteiger partial charge in [0.1, 0.15) is 4.90 Å². The van der Waals surface area contributed by atoms with Crippen molar-refractivity contribution in [2.75, 3.05) is 26.2 Å². The van der Waals surface area contributed by atoms with Crippen molar-refractivity contribution < 1.29 is 8.42 Å². The zero-order valence-electron chi connectivity index (χ0n) is 11.3. The van der Waals surface area contributed by atoms with Gasteiger partial charge in [0.15, 0.2) is 0 Å². The standard InChI is InChI=1S/C13H16BrClN2O2S.ClH/c14-10-2-1-3-11(12(10)15)20(18,19)17-7-5-13(9-17)4-6-16-8-13;/h1-3,16H,4-9H2;1H. The van der Waals surface area contributed by atoms with Gasteiger partial charge in [-0.25, -0.2) is 8.42 Å². The van der Waals surface area contributed by atoms with Gasteiger partial charge in [-0.05, 0) is 52.9 Å². The third kappa shape index (κ3) is 3.12. The van der Waals surface area contributed by atoms with E-state index in [9.17, 15) is 8.42 Å². The van der Waals surface area contributed by atoms with Crippen LogP contribution in [0.5, 0.6) is 0 Å². The summed E-state index contributed by atoms with van der Waals surface area (Å²) in [6, 6.07) is 5.01. The molecular formula is C13H17BrCl2N2O2S. The smallest absolute Gasteiger partial charge is 0.244 e. The molecule has 21 heavy (non-hydrogen) atoms. The first-order valence-electron chi connectivity index (χ1n) is 6.60. The van der Waals surface area contributed by atoms with Gasteiger partial charge in [-0.15, -0.1) is 12.4 Å². The first-order chi connectivity index (χ1) is 9.45. The molecule has 2 aliphatic rings. The van der Waals surface area contributed by atoms with E-state index >= 15 is 0 Å². The summed E-state index contributed by atoms with van der Waals surface area (Å²) in [5, 5.41) is 3.59. The predicted octanol–water partition coefficient (Wildman–Crippen LogP) is 2.90. The van der Waals surface area contributed by atoms with E-state index in [1.54, 1.807) is 22.5 Å². The molecule has 3 rings (SSSR count). The largest absolute Gasteiger partial charge is 0.316 e. The highest BCUT2D eigenvalue weighted by Crippen LogP contribution is 2.40. The molecule has 0 saturated carbocycles. The maximum atomic E-state index is 12.7. The van der Waals surface area contributed by atoms with Gasteiger partial charge in [-0.2, -0.15) is 4.31 Å². The Bertz CT molecular complexity index is 633. The third-order valence-electron chi connectivity index (χ3n) is 4.27. The maximum absolute atomic E-state index is 12.7. The van der Waals surface area contributed by atoms with E-state index < -0.39 is 10.0 Å². The van der Waals surface area contributed by atoms with Crippen LogP contribution in [0.3, 0.4) is 0 Å². The number of sulfonamides is 1. The van der Waals surface area contributed by atoms with E-state index in [-0.39, 0.29) is 27.7 Å². The minimum atomic E-state index is -3.51. The minimum absolute atomic E-state index is 0. The Morgan fingerprint density at radius 1 is 1.33 bits per heavy atom. The van der Waals surface area contributed by atoms with Gasteiger partial charge in [0, 0.05) is 24.1 Å². The summed E-state index contributed by atoms with van der Waals surface area (Å²) in [5.74, 6) is 0. The summed E-state index contributed by atoms with van der Waals surface area (Å²) in [7, 11) is -3.51. The zero-order chi connectivity index (χ0) is 14.4. The first kappa shape index (κ1) is 17.5. The summed E-state index contributed by atoms with van der Waals surface area (Å²) < 4.78 is 27.7. The highest BCUT2D eigenvalue weighted by Gasteiger charge is 2.44. The molecule has 2 saturated heterocycles. The predicted molar refractivity (Wildman–Crippen MR) is 89.7 cm³/mol. The van der Waals surface area contributed by atoms with Crippen LogP contribution in [-0.2, 0) is 10.0 Å². The van der Waals surface area contributed by atoms with Gasteiger partial charge >= 0.3 is 0 Å². The number of hydrogen-bond donors (Lipinski definition) is 1. The first-order valence-corrected chi connectivity index (χ1v) is 9.21. The normalized spacial score (nSPS) is 26.2. The van der Waals surface area contributed by atoms with Crippen molar-refractivity contribution in [2.24, 2.45) is 5.41 Å². The number of halogens is 3. The molecule has 1 aromatic rings. The molecule has 1 spiro atoms. The van der Waals surface area contributed by atoms with Crippen LogP contribution in [0.15, 0.2) is 27.6 Å². The fourth-order valence-corrected chi connectivity index (χ4v) is 5.62. The molecule has 2 heterocycles. The molecule has 0 amide bonds. The lowest BCUT2D eigenvalue weighted by Gasteiger charge is -2.23. The Balaban J connectivity index is 0.00000161. The van der Waals surface area contributed by atoms with Gasteiger partial charge in [0.05, 0.1) is 5.02 Å². The molecule has 0 bridgehead atoms. The summed E-state index contributed by atoms with van der Waals surface area (Å²) in [6.07, 6.45) is 1.97. The van der Waals surface area contributed by atoms with Crippen molar-refractivity contribution in [1.82, 2.24) is 9.62 Å². The molecule has 1 N–H and O–H groups in total. The molecule has 0 aromatic heterocycles. The Labute approximate surface area is 144 Å². The Morgan fingerprint density at radius 3 is 2.76 bits per heavy atom. The molecule has 118 valence electrons. The maximum Gasteiger partial charge on any atom is 0.244 e. The molecule has 1 atom stereocenters. The summed E-state index contributed by atoms with van der Waals surface area (Å²) in [6.45, 7) is 3.05. The van der Waals surface area contributed by atoms with E-state index in [0.717, 1.165) is 25.9 Å². The topological polar surface area (TPSA) is 49.4 Å². The van der Waals surface area contributed by atoms with E-state index in [4.69, 9.17) is 11.6 Å². The summed E-state index contributed by atoms with van der Waals surface area (Å²) in [5.41, 5.74) is 0.117. The van der Waals surface area contributed by atoms with Gasteiger partial charge < -0.3 is 5.32 Å². The van der Waals surface area contributed by atoms with Crippen LogP contribution in [0, 0.1) is 5.41 Å². The lowest BCUT2D eigenvalue weighted by Crippen LogP contribution is -2.33. The van der Waals surface area contributed by atoms with Crippen LogP contribution in [0.1, 0.15) is 12.8 Å². The average Bonchev–Trinajstić information content (AvgIpc) is 3.04. The number of nitrogens with one attached hydrogen (secondary N) is 1. The van der Waals surface area contributed by atoms with Gasteiger partial charge in [-0.1, -0.05) is 17.7 Å². The second-order valence-electron chi connectivity index (χ2n) is 5.57. The van der Waals surface area contributed by atoms with Crippen molar-refractivity contribution >= 4 is 50.0 Å². The molecule has 2 aliphatic heterocycles. The number of nitrogens with zero attached hydrogens (tertiary/aromatic N) is 1. The summed E-state index contributed by atoms with van der Waals surface area (Å²) in [4.78, 5) is 0.191. The van der Waals surface area contributed by atoms with Crippen LogP contribution in [0.4, 0.5) is 0 Å². The van der Waals surface area contributed by atoms with Gasteiger partial charge in [0.2, 0.25) is 10.0 Å². The van der Waals surface area contributed by atoms with Crippen molar-refractivity contribution in [2.45, 2.75) is 17.7 Å². The highest BCUT2D eigenvalue weighted by atomic mass is 79.9. The quantitative estimate of drug-likeness (QED) is 0.807. The van der Waals surface area contributed by atoms with Crippen LogP contribution >= 0.6 is 39.9 Å². The van der Waals surface area contributed by atoms with E-state index in [1.807, 2.05) is 0 Å². The molecular weight excluding hydrogens is 399 g/mol.